The van der Waals surface area contributed by atoms with Crippen LogP contribution in [0.5, 0.6) is 0 Å². The van der Waals surface area contributed by atoms with Gasteiger partial charge in [0.25, 0.3) is 0 Å². The van der Waals surface area contributed by atoms with Crippen molar-refractivity contribution in [3.05, 3.63) is 0 Å². The van der Waals surface area contributed by atoms with E-state index in [1.165, 1.54) is 0 Å². The molecule has 0 radical (unpaired) electrons. The van der Waals surface area contributed by atoms with E-state index in [1.54, 1.807) is 13.8 Å². The minimum atomic E-state index is -4.55. The molecule has 0 aromatic heterocycles. The van der Waals surface area contributed by atoms with Crippen LogP contribution in [0.2, 0.25) is 0 Å². The van der Waals surface area contributed by atoms with Crippen LogP contribution in [-0.2, 0) is 0 Å². The van der Waals surface area contributed by atoms with Gasteiger partial charge in [0.1, 0.15) is 0 Å². The third-order valence-electron chi connectivity index (χ3n) is 8.55. The number of alkyl halides is 3. The molecule has 0 aromatic rings. The second-order valence-corrected chi connectivity index (χ2v) is 9.94. The normalized spacial score (nSPS) is 43.6. The van der Waals surface area contributed by atoms with Gasteiger partial charge in [0.15, 0.2) is 5.60 Å². The van der Waals surface area contributed by atoms with Gasteiger partial charge in [-0.2, -0.15) is 13.2 Å². The van der Waals surface area contributed by atoms with Crippen molar-refractivity contribution in [3.63, 3.8) is 0 Å². The molecule has 140 valence electrons. The van der Waals surface area contributed by atoms with Crippen LogP contribution in [-0.4, -0.2) is 16.9 Å². The van der Waals surface area contributed by atoms with E-state index in [1.807, 2.05) is 0 Å². The summed E-state index contributed by atoms with van der Waals surface area (Å²) in [6, 6.07) is 0. The van der Waals surface area contributed by atoms with Gasteiger partial charge < -0.3 is 5.11 Å². The van der Waals surface area contributed by atoms with Crippen molar-refractivity contribution in [2.45, 2.75) is 79.0 Å². The molecule has 7 atom stereocenters. The molecule has 1 N–H and O–H groups in total. The van der Waals surface area contributed by atoms with Crippen molar-refractivity contribution in [3.8, 4) is 0 Å². The zero-order valence-corrected chi connectivity index (χ0v) is 15.9. The molecule has 1 nitrogen and oxygen atoms in total. The second kappa shape index (κ2) is 5.14. The third-order valence-corrected chi connectivity index (χ3v) is 8.55. The van der Waals surface area contributed by atoms with E-state index in [9.17, 15) is 18.3 Å². The molecule has 2 bridgehead atoms. The second-order valence-electron chi connectivity index (χ2n) is 9.94. The molecule has 0 saturated heterocycles. The highest BCUT2D eigenvalue weighted by Crippen LogP contribution is 2.87. The lowest BCUT2D eigenvalue weighted by molar-refractivity contribution is -0.285. The fraction of sp³-hybridized carbons (Fsp3) is 1.00. The number of rotatable bonds is 5. The number of fused-ring (bicyclic) bond motifs is 1. The van der Waals surface area contributed by atoms with Gasteiger partial charge in [0, 0.05) is 0 Å². The third kappa shape index (κ3) is 2.10. The van der Waals surface area contributed by atoms with Crippen LogP contribution < -0.4 is 0 Å². The largest absolute Gasteiger partial charge is 0.417 e. The maximum Gasteiger partial charge on any atom is 0.417 e. The summed E-state index contributed by atoms with van der Waals surface area (Å²) < 4.78 is 41.1. The van der Waals surface area contributed by atoms with Gasteiger partial charge in [-0.15, -0.1) is 0 Å². The SMILES string of the molecule is CCC(C)C(O)(CC1CC23CC1C(C(C)C)C2C3(C)C)C(F)(F)F. The van der Waals surface area contributed by atoms with Crippen molar-refractivity contribution in [1.82, 2.24) is 0 Å². The van der Waals surface area contributed by atoms with Crippen molar-refractivity contribution >= 4 is 0 Å². The van der Waals surface area contributed by atoms with E-state index in [0.717, 1.165) is 12.8 Å². The van der Waals surface area contributed by atoms with Gasteiger partial charge in [-0.25, -0.2) is 0 Å². The molecule has 3 aliphatic rings. The fourth-order valence-electron chi connectivity index (χ4n) is 7.04. The molecule has 1 spiro atoms. The average Bonchev–Trinajstić information content (AvgIpc) is 2.83. The minimum Gasteiger partial charge on any atom is -0.380 e. The fourth-order valence-corrected chi connectivity index (χ4v) is 7.04. The lowest BCUT2D eigenvalue weighted by Gasteiger charge is -2.41. The molecule has 3 aliphatic carbocycles. The molecular weight excluding hydrogens is 313 g/mol. The first-order chi connectivity index (χ1) is 10.8. The topological polar surface area (TPSA) is 20.2 Å². The van der Waals surface area contributed by atoms with E-state index in [4.69, 9.17) is 0 Å². The Morgan fingerprint density at radius 1 is 1.12 bits per heavy atom. The zero-order chi connectivity index (χ0) is 18.3. The molecule has 7 unspecified atom stereocenters. The van der Waals surface area contributed by atoms with Crippen LogP contribution in [0.1, 0.15) is 67.2 Å². The molecule has 0 aromatic carbocycles. The molecule has 3 fully saturated rings. The number of halogens is 3. The molecular formula is C20H33F3O. The van der Waals surface area contributed by atoms with E-state index >= 15 is 0 Å². The van der Waals surface area contributed by atoms with Crippen molar-refractivity contribution in [1.29, 1.82) is 0 Å². The summed E-state index contributed by atoms with van der Waals surface area (Å²) in [5.41, 5.74) is -2.03. The van der Waals surface area contributed by atoms with Gasteiger partial charge in [-0.1, -0.05) is 48.0 Å². The highest BCUT2D eigenvalue weighted by Gasteiger charge is 2.82. The van der Waals surface area contributed by atoms with E-state index in [0.29, 0.717) is 30.1 Å². The molecule has 4 heteroatoms. The summed E-state index contributed by atoms with van der Waals surface area (Å²) in [5.74, 6) is 1.32. The lowest BCUT2D eigenvalue weighted by Crippen LogP contribution is -2.52. The van der Waals surface area contributed by atoms with Gasteiger partial charge in [0.05, 0.1) is 0 Å². The first-order valence-electron chi connectivity index (χ1n) is 9.62. The molecule has 0 heterocycles. The van der Waals surface area contributed by atoms with Crippen LogP contribution in [0.4, 0.5) is 13.2 Å². The van der Waals surface area contributed by atoms with Gasteiger partial charge in [-0.05, 0) is 65.6 Å². The van der Waals surface area contributed by atoms with Crippen molar-refractivity contribution in [2.24, 2.45) is 46.3 Å². The van der Waals surface area contributed by atoms with Crippen LogP contribution in [0.3, 0.4) is 0 Å². The summed E-state index contributed by atoms with van der Waals surface area (Å²) in [5, 5.41) is 10.6. The Kier molecular flexibility index (Phi) is 3.97. The maximum atomic E-state index is 13.7. The zero-order valence-electron chi connectivity index (χ0n) is 15.9. The highest BCUT2D eigenvalue weighted by molar-refractivity contribution is 5.29. The molecule has 0 amide bonds. The minimum absolute atomic E-state index is 0.0102. The Morgan fingerprint density at radius 3 is 2.12 bits per heavy atom. The first-order valence-corrected chi connectivity index (χ1v) is 9.62. The number of hydrogen-bond acceptors (Lipinski definition) is 1. The van der Waals surface area contributed by atoms with E-state index in [-0.39, 0.29) is 23.2 Å². The van der Waals surface area contributed by atoms with Gasteiger partial charge in [0.2, 0.25) is 0 Å². The maximum absolute atomic E-state index is 13.7. The summed E-state index contributed by atoms with van der Waals surface area (Å²) in [4.78, 5) is 0. The molecule has 3 saturated carbocycles. The van der Waals surface area contributed by atoms with Crippen LogP contribution in [0, 0.1) is 46.3 Å². The van der Waals surface area contributed by atoms with E-state index < -0.39 is 17.7 Å². The number of hydrogen-bond donors (Lipinski definition) is 1. The highest BCUT2D eigenvalue weighted by atomic mass is 19.4. The van der Waals surface area contributed by atoms with Crippen molar-refractivity contribution < 1.29 is 18.3 Å². The lowest BCUT2D eigenvalue weighted by atomic mass is 9.68. The van der Waals surface area contributed by atoms with Crippen molar-refractivity contribution in [2.75, 3.05) is 0 Å². The Balaban J connectivity index is 1.87. The Morgan fingerprint density at radius 2 is 1.71 bits per heavy atom. The Hall–Kier alpha value is -0.250. The number of aliphatic hydroxyl groups is 1. The standard InChI is InChI=1S/C20H33F3O/c1-7-12(4)19(24,20(21,22)23)9-13-8-18-10-14(13)15(11(2)3)16(18)17(18,5)6/h11-16,24H,7-10H2,1-6H3. The summed E-state index contributed by atoms with van der Waals surface area (Å²) in [7, 11) is 0. The summed E-state index contributed by atoms with van der Waals surface area (Å²) >= 11 is 0. The van der Waals surface area contributed by atoms with Crippen LogP contribution >= 0.6 is 0 Å². The molecule has 24 heavy (non-hydrogen) atoms. The summed E-state index contributed by atoms with van der Waals surface area (Å²) in [6.07, 6.45) is -2.35. The summed E-state index contributed by atoms with van der Waals surface area (Å²) in [6.45, 7) is 12.3. The predicted molar refractivity (Wildman–Crippen MR) is 89.3 cm³/mol. The molecule has 3 rings (SSSR count). The Bertz CT molecular complexity index is 512. The average molecular weight is 346 g/mol. The van der Waals surface area contributed by atoms with Crippen LogP contribution in [0.25, 0.3) is 0 Å². The van der Waals surface area contributed by atoms with E-state index in [2.05, 4.69) is 27.7 Å². The van der Waals surface area contributed by atoms with Gasteiger partial charge in [-0.3, -0.25) is 0 Å². The predicted octanol–water partition coefficient (Wildman–Crippen LogP) is 5.67. The smallest absolute Gasteiger partial charge is 0.380 e. The quantitative estimate of drug-likeness (QED) is 0.680. The monoisotopic (exact) mass is 346 g/mol. The van der Waals surface area contributed by atoms with Crippen LogP contribution in [0.15, 0.2) is 0 Å². The first kappa shape index (κ1) is 18.5. The van der Waals surface area contributed by atoms with Gasteiger partial charge >= 0.3 is 6.18 Å². The molecule has 0 aliphatic heterocycles. The Labute approximate surface area is 144 Å².